The molecule has 7 heteroatoms. The van der Waals surface area contributed by atoms with Gasteiger partial charge in [0.25, 0.3) is 0 Å². The molecule has 0 aromatic heterocycles. The third-order valence-corrected chi connectivity index (χ3v) is 6.87. The molecule has 0 unspecified atom stereocenters. The average Bonchev–Trinajstić information content (AvgIpc) is 3.36. The average molecular weight is 397 g/mol. The number of aryl methyl sites for hydroxylation is 2. The van der Waals surface area contributed by atoms with Crippen LogP contribution in [0.15, 0.2) is 18.2 Å². The minimum Gasteiger partial charge on any atom is -0.324 e. The number of nitrogens with one attached hydrogen (secondary N) is 1. The Morgan fingerprint density at radius 2 is 1.90 bits per heavy atom. The van der Waals surface area contributed by atoms with E-state index in [0.717, 1.165) is 40.2 Å². The highest BCUT2D eigenvalue weighted by atomic mass is 16.2. The molecule has 2 bridgehead atoms. The second-order valence-corrected chi connectivity index (χ2v) is 8.79. The van der Waals surface area contributed by atoms with Crippen molar-refractivity contribution in [2.75, 3.05) is 11.9 Å². The lowest BCUT2D eigenvalue weighted by molar-refractivity contribution is -0.144. The van der Waals surface area contributed by atoms with Crippen LogP contribution in [0, 0.1) is 31.6 Å². The van der Waals surface area contributed by atoms with Gasteiger partial charge in [0.2, 0.25) is 5.91 Å². The molecule has 1 aromatic rings. The summed E-state index contributed by atoms with van der Waals surface area (Å²) in [5.41, 5.74) is 2.50. The predicted molar refractivity (Wildman–Crippen MR) is 107 cm³/mol. The van der Waals surface area contributed by atoms with Crippen molar-refractivity contribution >= 4 is 29.4 Å². The summed E-state index contributed by atoms with van der Waals surface area (Å²) in [5, 5.41) is 2.74. The molecule has 4 rings (SSSR count). The zero-order chi connectivity index (χ0) is 20.9. The summed E-state index contributed by atoms with van der Waals surface area (Å²) in [7, 11) is 0. The van der Waals surface area contributed by atoms with Crippen molar-refractivity contribution in [3.05, 3.63) is 29.3 Å². The van der Waals surface area contributed by atoms with Crippen LogP contribution in [0.3, 0.4) is 0 Å². The molecular formula is C22H27N3O4. The summed E-state index contributed by atoms with van der Waals surface area (Å²) in [6.45, 7) is 5.17. The maximum absolute atomic E-state index is 12.9. The van der Waals surface area contributed by atoms with E-state index >= 15 is 0 Å². The molecule has 1 aromatic carbocycles. The minimum absolute atomic E-state index is 0.248. The van der Waals surface area contributed by atoms with Gasteiger partial charge >= 0.3 is 17.8 Å². The second-order valence-electron chi connectivity index (χ2n) is 8.79. The zero-order valence-corrected chi connectivity index (χ0v) is 17.1. The Morgan fingerprint density at radius 1 is 1.14 bits per heavy atom. The first-order chi connectivity index (χ1) is 13.8. The van der Waals surface area contributed by atoms with Crippen LogP contribution in [0.5, 0.6) is 0 Å². The highest BCUT2D eigenvalue weighted by Gasteiger charge is 2.52. The Labute approximate surface area is 170 Å². The van der Waals surface area contributed by atoms with Gasteiger partial charge in [-0.25, -0.2) is 9.69 Å². The number of fused-ring (bicyclic) bond motifs is 2. The van der Waals surface area contributed by atoms with E-state index in [1.54, 1.807) is 0 Å². The highest BCUT2D eigenvalue weighted by molar-refractivity contribution is 6.45. The van der Waals surface area contributed by atoms with Gasteiger partial charge in [0.1, 0.15) is 6.54 Å². The Kier molecular flexibility index (Phi) is 4.92. The fraction of sp³-hybridized carbons (Fsp3) is 0.545. The van der Waals surface area contributed by atoms with Crippen molar-refractivity contribution in [1.29, 1.82) is 0 Å². The summed E-state index contributed by atoms with van der Waals surface area (Å²) in [4.78, 5) is 52.2. The van der Waals surface area contributed by atoms with E-state index in [0.29, 0.717) is 17.5 Å². The predicted octanol–water partition coefficient (Wildman–Crippen LogP) is 2.86. The molecule has 2 aliphatic carbocycles. The first-order valence-electron chi connectivity index (χ1n) is 10.3. The lowest BCUT2D eigenvalue weighted by atomic mass is 9.83. The monoisotopic (exact) mass is 397 g/mol. The Morgan fingerprint density at radius 3 is 2.55 bits per heavy atom. The summed E-state index contributed by atoms with van der Waals surface area (Å²) in [6.07, 6.45) is 4.51. The van der Waals surface area contributed by atoms with Crippen molar-refractivity contribution in [2.24, 2.45) is 17.8 Å². The third-order valence-electron chi connectivity index (χ3n) is 6.87. The van der Waals surface area contributed by atoms with E-state index in [-0.39, 0.29) is 12.0 Å². The van der Waals surface area contributed by atoms with Crippen LogP contribution in [0.25, 0.3) is 0 Å². The molecule has 3 fully saturated rings. The highest BCUT2D eigenvalue weighted by Crippen LogP contribution is 2.50. The fourth-order valence-corrected chi connectivity index (χ4v) is 5.30. The molecule has 1 heterocycles. The zero-order valence-electron chi connectivity index (χ0n) is 17.1. The number of hydrogen-bond donors (Lipinski definition) is 1. The molecule has 29 heavy (non-hydrogen) atoms. The Balaban J connectivity index is 1.45. The molecule has 7 nitrogen and oxygen atoms in total. The molecule has 1 N–H and O–H groups in total. The molecule has 5 amide bonds. The van der Waals surface area contributed by atoms with Gasteiger partial charge in [-0.2, -0.15) is 0 Å². The van der Waals surface area contributed by atoms with Crippen molar-refractivity contribution in [2.45, 2.75) is 52.5 Å². The summed E-state index contributed by atoms with van der Waals surface area (Å²) in [5.74, 6) is -0.783. The smallest absolute Gasteiger partial charge is 0.324 e. The number of hydrogen-bond acceptors (Lipinski definition) is 4. The van der Waals surface area contributed by atoms with Gasteiger partial charge in [0, 0.05) is 11.7 Å². The number of anilines is 1. The van der Waals surface area contributed by atoms with Gasteiger partial charge in [0.15, 0.2) is 0 Å². The van der Waals surface area contributed by atoms with E-state index in [1.807, 2.05) is 39.0 Å². The molecular weight excluding hydrogens is 370 g/mol. The van der Waals surface area contributed by atoms with Crippen LogP contribution < -0.4 is 5.32 Å². The molecule has 154 valence electrons. The Bertz CT molecular complexity index is 896. The van der Waals surface area contributed by atoms with Crippen molar-refractivity contribution in [3.8, 4) is 0 Å². The quantitative estimate of drug-likeness (QED) is 0.611. The van der Waals surface area contributed by atoms with Gasteiger partial charge in [-0.15, -0.1) is 0 Å². The number of imide groups is 2. The van der Waals surface area contributed by atoms with Crippen LogP contribution in [0.1, 0.15) is 43.7 Å². The standard InChI is InChI=1S/C22H27N3O4/c1-12-4-5-13(2)18(8-12)23-19(26)11-24-20(27)21(28)25(22(24)29)14(3)17-10-15-6-7-16(17)9-15/h4-5,8,14-17H,6-7,9-11H2,1-3H3,(H,23,26)/t14-,15+,16+,17+/m1/s1. The topological polar surface area (TPSA) is 86.8 Å². The van der Waals surface area contributed by atoms with Gasteiger partial charge in [-0.3, -0.25) is 19.3 Å². The molecule has 0 radical (unpaired) electrons. The molecule has 1 saturated heterocycles. The summed E-state index contributed by atoms with van der Waals surface area (Å²) >= 11 is 0. The lowest BCUT2D eigenvalue weighted by Crippen LogP contribution is -2.45. The van der Waals surface area contributed by atoms with Gasteiger partial charge in [0.05, 0.1) is 0 Å². The van der Waals surface area contributed by atoms with E-state index in [9.17, 15) is 19.2 Å². The summed E-state index contributed by atoms with van der Waals surface area (Å²) < 4.78 is 0. The third kappa shape index (κ3) is 3.43. The van der Waals surface area contributed by atoms with E-state index in [1.165, 1.54) is 6.42 Å². The number of rotatable bonds is 5. The van der Waals surface area contributed by atoms with Gasteiger partial charge in [-0.1, -0.05) is 18.6 Å². The van der Waals surface area contributed by atoms with Crippen LogP contribution >= 0.6 is 0 Å². The number of urea groups is 1. The minimum atomic E-state index is -0.916. The van der Waals surface area contributed by atoms with Crippen molar-refractivity contribution in [3.63, 3.8) is 0 Å². The lowest BCUT2D eigenvalue weighted by Gasteiger charge is -2.32. The number of amides is 5. The maximum Gasteiger partial charge on any atom is 0.334 e. The van der Waals surface area contributed by atoms with Crippen LogP contribution in [-0.2, 0) is 14.4 Å². The van der Waals surface area contributed by atoms with Crippen molar-refractivity contribution < 1.29 is 19.2 Å². The van der Waals surface area contributed by atoms with Crippen LogP contribution in [0.2, 0.25) is 0 Å². The second kappa shape index (κ2) is 7.28. The van der Waals surface area contributed by atoms with Gasteiger partial charge in [-0.05, 0) is 75.0 Å². The molecule has 2 saturated carbocycles. The Hall–Kier alpha value is -2.70. The van der Waals surface area contributed by atoms with Crippen molar-refractivity contribution in [1.82, 2.24) is 9.80 Å². The maximum atomic E-state index is 12.9. The largest absolute Gasteiger partial charge is 0.334 e. The van der Waals surface area contributed by atoms with E-state index in [2.05, 4.69) is 5.32 Å². The first-order valence-corrected chi connectivity index (χ1v) is 10.3. The number of carbonyl (C=O) groups is 4. The summed E-state index contributed by atoms with van der Waals surface area (Å²) in [6, 6.07) is 4.66. The first kappa shape index (κ1) is 19.6. The fourth-order valence-electron chi connectivity index (χ4n) is 5.30. The van der Waals surface area contributed by atoms with Crippen LogP contribution in [-0.4, -0.2) is 46.1 Å². The van der Waals surface area contributed by atoms with E-state index < -0.39 is 30.3 Å². The normalized spacial score (nSPS) is 27.1. The molecule has 4 atom stereocenters. The van der Waals surface area contributed by atoms with Crippen LogP contribution in [0.4, 0.5) is 10.5 Å². The molecule has 3 aliphatic rings. The number of carbonyl (C=O) groups excluding carboxylic acids is 4. The SMILES string of the molecule is Cc1ccc(C)c(NC(=O)CN2C(=O)C(=O)N([C@H](C)[C@@H]3C[C@H]4CC[C@H]3C4)C2=O)c1. The number of nitrogens with zero attached hydrogens (tertiary/aromatic N) is 2. The van der Waals surface area contributed by atoms with Gasteiger partial charge < -0.3 is 5.32 Å². The number of benzene rings is 1. The molecule has 1 aliphatic heterocycles. The molecule has 0 spiro atoms. The van der Waals surface area contributed by atoms with E-state index in [4.69, 9.17) is 0 Å².